The number of carbonyl (C=O) groups excluding carboxylic acids is 2. The lowest BCUT2D eigenvalue weighted by atomic mass is 10.1. The minimum atomic E-state index is -3.70. The van der Waals surface area contributed by atoms with Crippen LogP contribution in [0.15, 0.2) is 17.6 Å². The molecule has 0 saturated carbocycles. The average Bonchev–Trinajstić information content (AvgIpc) is 2.76. The maximum atomic E-state index is 13.7. The van der Waals surface area contributed by atoms with Crippen molar-refractivity contribution >= 4 is 36.8 Å². The number of H-pyrrole nitrogens is 1. The van der Waals surface area contributed by atoms with Crippen LogP contribution in [0, 0.1) is 0 Å². The summed E-state index contributed by atoms with van der Waals surface area (Å²) in [4.78, 5) is 44.0. The molecule has 2 atom stereocenters. The molecule has 198 valence electrons. The molecule has 15 heteroatoms. The number of carbonyl (C=O) groups is 2. The van der Waals surface area contributed by atoms with Gasteiger partial charge in [-0.15, -0.1) is 0 Å². The molecule has 1 heterocycles. The van der Waals surface area contributed by atoms with Crippen molar-refractivity contribution in [3.05, 3.63) is 23.1 Å². The van der Waals surface area contributed by atoms with E-state index in [1.54, 1.807) is 13.8 Å². The highest BCUT2D eigenvalue weighted by Gasteiger charge is 2.39. The van der Waals surface area contributed by atoms with Crippen molar-refractivity contribution in [3.63, 3.8) is 0 Å². The number of aromatic nitrogens is 2. The average molecular weight is 518 g/mol. The number of nitrogens with zero attached hydrogens (tertiary/aromatic N) is 2. The lowest BCUT2D eigenvalue weighted by Gasteiger charge is -2.31. The summed E-state index contributed by atoms with van der Waals surface area (Å²) in [6.07, 6.45) is 0.981. The second-order valence-electron chi connectivity index (χ2n) is 7.90. The van der Waals surface area contributed by atoms with Crippen molar-refractivity contribution in [2.75, 3.05) is 49.1 Å². The highest BCUT2D eigenvalue weighted by molar-refractivity contribution is 7.59. The monoisotopic (exact) mass is 517 g/mol. The van der Waals surface area contributed by atoms with E-state index in [1.165, 1.54) is 31.9 Å². The smallest absolute Gasteiger partial charge is 0.326 e. The van der Waals surface area contributed by atoms with E-state index in [1.807, 2.05) is 0 Å². The fourth-order valence-electron chi connectivity index (χ4n) is 2.89. The number of nitrogens with two attached hydrogens (primary N) is 2. The van der Waals surface area contributed by atoms with Crippen LogP contribution in [0.4, 0.5) is 17.5 Å². The molecule has 0 aliphatic rings. The van der Waals surface area contributed by atoms with Crippen LogP contribution in [0.3, 0.4) is 0 Å². The van der Waals surface area contributed by atoms with E-state index < -0.39 is 42.9 Å². The third kappa shape index (κ3) is 8.98. The van der Waals surface area contributed by atoms with Crippen LogP contribution in [0.2, 0.25) is 0 Å². The van der Waals surface area contributed by atoms with Crippen molar-refractivity contribution in [3.8, 4) is 0 Å². The zero-order valence-electron chi connectivity index (χ0n) is 20.8. The summed E-state index contributed by atoms with van der Waals surface area (Å²) in [5, 5.41) is 5.45. The predicted octanol–water partition coefficient (Wildman–Crippen LogP) is 0.524. The Labute approximate surface area is 204 Å². The van der Waals surface area contributed by atoms with Crippen LogP contribution in [-0.4, -0.2) is 66.2 Å². The number of ether oxygens (including phenoxy) is 3. The molecule has 1 aromatic rings. The predicted molar refractivity (Wildman–Crippen MR) is 133 cm³/mol. The maximum Gasteiger partial charge on any atom is 0.326 e. The van der Waals surface area contributed by atoms with E-state index in [-0.39, 0.29) is 43.8 Å². The molecule has 0 amide bonds. The van der Waals surface area contributed by atoms with Crippen LogP contribution in [-0.2, 0) is 28.4 Å². The van der Waals surface area contributed by atoms with Crippen molar-refractivity contribution in [2.24, 2.45) is 0 Å². The molecule has 35 heavy (non-hydrogen) atoms. The molecule has 0 bridgehead atoms. The summed E-state index contributed by atoms with van der Waals surface area (Å²) >= 11 is 0. The second-order valence-corrected chi connectivity index (χ2v) is 10.1. The van der Waals surface area contributed by atoms with Gasteiger partial charge in [-0.1, -0.05) is 6.58 Å². The molecular formula is C20H36N7O7P. The number of anilines is 3. The Morgan fingerprint density at radius 1 is 1.29 bits per heavy atom. The number of nitrogen functional groups attached to an aromatic ring is 2. The van der Waals surface area contributed by atoms with Gasteiger partial charge in [-0.05, 0) is 40.8 Å². The number of aromatic amines is 1. The maximum absolute atomic E-state index is 13.7. The van der Waals surface area contributed by atoms with E-state index in [0.717, 1.165) is 0 Å². The highest BCUT2D eigenvalue weighted by Crippen LogP contribution is 2.40. The summed E-state index contributed by atoms with van der Waals surface area (Å²) < 4.78 is 29.3. The normalized spacial score (nSPS) is 14.0. The first-order valence-electron chi connectivity index (χ1n) is 10.9. The quantitative estimate of drug-likeness (QED) is 0.122. The minimum Gasteiger partial charge on any atom is -0.465 e. The van der Waals surface area contributed by atoms with Gasteiger partial charge in [0.25, 0.3) is 5.56 Å². The van der Waals surface area contributed by atoms with Crippen molar-refractivity contribution in [1.29, 1.82) is 0 Å². The Hall–Kier alpha value is -2.93. The molecule has 14 nitrogen and oxygen atoms in total. The molecule has 0 radical (unpaired) electrons. The lowest BCUT2D eigenvalue weighted by Crippen LogP contribution is -2.50. The van der Waals surface area contributed by atoms with Gasteiger partial charge in [0.15, 0.2) is 5.82 Å². The molecule has 1 rings (SSSR count). The molecule has 7 N–H and O–H groups in total. The Morgan fingerprint density at radius 3 is 2.49 bits per heavy atom. The number of rotatable bonds is 15. The number of hydrogen-bond acceptors (Lipinski definition) is 11. The summed E-state index contributed by atoms with van der Waals surface area (Å²) in [7, 11) is -3.70. The van der Waals surface area contributed by atoms with E-state index in [9.17, 15) is 18.9 Å². The Kier molecular flexibility index (Phi) is 11.4. The van der Waals surface area contributed by atoms with E-state index >= 15 is 0 Å². The van der Waals surface area contributed by atoms with Gasteiger partial charge < -0.3 is 30.6 Å². The summed E-state index contributed by atoms with van der Waals surface area (Å²) in [5.74, 6) is -1.28. The molecule has 0 aliphatic carbocycles. The zero-order chi connectivity index (χ0) is 26.8. The van der Waals surface area contributed by atoms with E-state index in [2.05, 4.69) is 26.7 Å². The molecular weight excluding hydrogens is 481 g/mol. The molecule has 0 fully saturated rings. The molecule has 0 aromatic carbocycles. The summed E-state index contributed by atoms with van der Waals surface area (Å²) in [5.41, 5.74) is 9.25. The van der Waals surface area contributed by atoms with Crippen LogP contribution >= 0.6 is 7.44 Å². The van der Waals surface area contributed by atoms with Gasteiger partial charge in [0, 0.05) is 6.54 Å². The molecule has 1 unspecified atom stereocenters. The van der Waals surface area contributed by atoms with Crippen LogP contribution < -0.4 is 32.1 Å². The number of esters is 2. The summed E-state index contributed by atoms with van der Waals surface area (Å²) in [6, 6.07) is -0.956. The molecule has 1 aromatic heterocycles. The SMILES string of the molecule is C=CN(CCOCP(=O)(N[C@@H](C)C(=O)OCC)NC(C)(C)C(=O)OCC)c1nc(N)[nH]c(=O)c1N. The van der Waals surface area contributed by atoms with Crippen molar-refractivity contribution < 1.29 is 28.4 Å². The number of nitrogens with one attached hydrogen (secondary N) is 3. The van der Waals surface area contributed by atoms with Gasteiger partial charge in [-0.25, -0.2) is 10.2 Å². The zero-order valence-corrected chi connectivity index (χ0v) is 21.6. The van der Waals surface area contributed by atoms with Gasteiger partial charge >= 0.3 is 11.9 Å². The standard InChI is InChI=1S/C20H36N7O7P/c1-7-27(15-14(21)16(28)24-19(22)23-15)10-11-32-12-35(31,25-13(4)17(29)33-8-2)26-20(5,6)18(30)34-9-3/h7,13H,1,8-12,21H2,2-6H3,(H2,25,26,31)(H3,22,23,24,28)/t13-,35?/m0/s1. The van der Waals surface area contributed by atoms with Gasteiger partial charge in [-0.3, -0.25) is 23.9 Å². The molecule has 0 aliphatic heterocycles. The Bertz CT molecular complexity index is 999. The third-order valence-electron chi connectivity index (χ3n) is 4.48. The number of hydrogen-bond donors (Lipinski definition) is 5. The lowest BCUT2D eigenvalue weighted by molar-refractivity contribution is -0.149. The summed E-state index contributed by atoms with van der Waals surface area (Å²) in [6.45, 7) is 11.8. The minimum absolute atomic E-state index is 0.0131. The van der Waals surface area contributed by atoms with Crippen LogP contribution in [0.5, 0.6) is 0 Å². The first-order valence-corrected chi connectivity index (χ1v) is 12.8. The molecule has 0 spiro atoms. The van der Waals surface area contributed by atoms with E-state index in [4.69, 9.17) is 25.7 Å². The van der Waals surface area contributed by atoms with Gasteiger partial charge in [-0.2, -0.15) is 4.98 Å². The second kappa shape index (κ2) is 13.2. The highest BCUT2D eigenvalue weighted by atomic mass is 31.2. The van der Waals surface area contributed by atoms with Crippen molar-refractivity contribution in [2.45, 2.75) is 46.2 Å². The third-order valence-corrected chi connectivity index (χ3v) is 6.75. The Balaban J connectivity index is 2.98. The van der Waals surface area contributed by atoms with Gasteiger partial charge in [0.2, 0.25) is 13.4 Å². The van der Waals surface area contributed by atoms with Crippen molar-refractivity contribution in [1.82, 2.24) is 20.1 Å². The largest absolute Gasteiger partial charge is 0.465 e. The van der Waals surface area contributed by atoms with E-state index in [0.29, 0.717) is 0 Å². The van der Waals surface area contributed by atoms with Crippen LogP contribution in [0.1, 0.15) is 34.6 Å². The molecule has 0 saturated heterocycles. The fourth-order valence-corrected chi connectivity index (χ4v) is 5.20. The Morgan fingerprint density at radius 2 is 1.91 bits per heavy atom. The fraction of sp³-hybridized carbons (Fsp3) is 0.600. The van der Waals surface area contributed by atoms with Gasteiger partial charge in [0.05, 0.1) is 19.8 Å². The first-order chi connectivity index (χ1) is 16.3. The topological polar surface area (TPSA) is 204 Å². The van der Waals surface area contributed by atoms with Gasteiger partial charge in [0.1, 0.15) is 23.6 Å². The first kappa shape index (κ1) is 30.1. The van der Waals surface area contributed by atoms with Crippen LogP contribution in [0.25, 0.3) is 0 Å².